The molecule has 1 unspecified atom stereocenters. The zero-order valence-corrected chi connectivity index (χ0v) is 22.4. The Kier molecular flexibility index (Phi) is 6.28. The highest BCUT2D eigenvalue weighted by Crippen LogP contribution is 2.53. The van der Waals surface area contributed by atoms with E-state index in [4.69, 9.17) is 20.8 Å². The fourth-order valence-corrected chi connectivity index (χ4v) is 5.90. The van der Waals surface area contributed by atoms with Crippen LogP contribution in [0.1, 0.15) is 47.5 Å². The lowest BCUT2D eigenvalue weighted by atomic mass is 9.84. The number of amides is 2. The van der Waals surface area contributed by atoms with Crippen molar-refractivity contribution >= 4 is 40.1 Å². The first kappa shape index (κ1) is 25.3. The predicted molar refractivity (Wildman–Crippen MR) is 149 cm³/mol. The van der Waals surface area contributed by atoms with E-state index in [1.54, 1.807) is 17.0 Å². The van der Waals surface area contributed by atoms with Gasteiger partial charge in [0.15, 0.2) is 11.0 Å². The molecule has 0 radical (unpaired) electrons. The minimum atomic E-state index is -1.66. The van der Waals surface area contributed by atoms with Crippen LogP contribution in [0.3, 0.4) is 0 Å². The summed E-state index contributed by atoms with van der Waals surface area (Å²) in [4.78, 5) is 46.1. The Morgan fingerprint density at radius 3 is 2.49 bits per heavy atom. The van der Waals surface area contributed by atoms with Crippen molar-refractivity contribution in [2.45, 2.75) is 38.5 Å². The quantitative estimate of drug-likeness (QED) is 0.288. The molecule has 0 fully saturated rings. The summed E-state index contributed by atoms with van der Waals surface area (Å²) < 4.78 is 11.8. The molecule has 8 heteroatoms. The van der Waals surface area contributed by atoms with Crippen LogP contribution in [-0.4, -0.2) is 36.0 Å². The molecule has 0 bridgehead atoms. The number of nitrogens with zero attached hydrogens (tertiary/aromatic N) is 2. The van der Waals surface area contributed by atoms with Gasteiger partial charge in [0, 0.05) is 23.7 Å². The second kappa shape index (κ2) is 9.67. The van der Waals surface area contributed by atoms with E-state index in [1.165, 1.54) is 11.0 Å². The Morgan fingerprint density at radius 2 is 1.72 bits per heavy atom. The van der Waals surface area contributed by atoms with Crippen LogP contribution in [0.2, 0.25) is 5.02 Å². The van der Waals surface area contributed by atoms with Crippen molar-refractivity contribution in [1.29, 1.82) is 0 Å². The van der Waals surface area contributed by atoms with Crippen LogP contribution in [0.15, 0.2) is 82.0 Å². The minimum Gasteiger partial charge on any atom is -0.450 e. The Morgan fingerprint density at radius 1 is 0.974 bits per heavy atom. The fourth-order valence-electron chi connectivity index (χ4n) is 5.73. The third-order valence-corrected chi connectivity index (χ3v) is 7.59. The average Bonchev–Trinajstić information content (AvgIpc) is 3.32. The molecular formula is C31H27ClN2O5. The summed E-state index contributed by atoms with van der Waals surface area (Å²) in [7, 11) is 0. The Hall–Kier alpha value is -3.94. The highest BCUT2D eigenvalue weighted by atomic mass is 35.5. The molecule has 1 spiro atoms. The van der Waals surface area contributed by atoms with E-state index in [9.17, 15) is 14.4 Å². The van der Waals surface area contributed by atoms with Crippen molar-refractivity contribution in [2.24, 2.45) is 0 Å². The zero-order chi connectivity index (χ0) is 27.3. The third kappa shape index (κ3) is 3.87. The number of rotatable bonds is 7. The number of halogens is 1. The van der Waals surface area contributed by atoms with Gasteiger partial charge in [-0.3, -0.25) is 14.4 Å². The van der Waals surface area contributed by atoms with E-state index in [1.807, 2.05) is 68.4 Å². The number of carbonyl (C=O) groups excluding carboxylic acids is 2. The van der Waals surface area contributed by atoms with Crippen LogP contribution in [0.4, 0.5) is 5.69 Å². The van der Waals surface area contributed by atoms with E-state index in [0.29, 0.717) is 29.3 Å². The van der Waals surface area contributed by atoms with E-state index in [-0.39, 0.29) is 47.4 Å². The van der Waals surface area contributed by atoms with Gasteiger partial charge in [0.05, 0.1) is 29.3 Å². The van der Waals surface area contributed by atoms with Crippen molar-refractivity contribution in [1.82, 2.24) is 4.90 Å². The summed E-state index contributed by atoms with van der Waals surface area (Å²) in [6.07, 6.45) is 0.506. The molecule has 4 aromatic rings. The summed E-state index contributed by atoms with van der Waals surface area (Å²) in [6.45, 7) is 4.77. The monoisotopic (exact) mass is 542 g/mol. The van der Waals surface area contributed by atoms with Crippen molar-refractivity contribution in [3.63, 3.8) is 0 Å². The maximum absolute atomic E-state index is 14.7. The number of para-hydroxylation sites is 1. The highest BCUT2D eigenvalue weighted by molar-refractivity contribution is 6.31. The van der Waals surface area contributed by atoms with E-state index in [2.05, 4.69) is 0 Å². The topological polar surface area (TPSA) is 80.1 Å². The fraction of sp³-hybridized carbons (Fsp3) is 0.258. The van der Waals surface area contributed by atoms with Crippen molar-refractivity contribution in [2.75, 3.05) is 18.1 Å². The second-order valence-corrected chi connectivity index (χ2v) is 10.5. The molecule has 39 heavy (non-hydrogen) atoms. The van der Waals surface area contributed by atoms with Gasteiger partial charge in [0.1, 0.15) is 5.58 Å². The van der Waals surface area contributed by atoms with Crippen molar-refractivity contribution in [3.8, 4) is 0 Å². The lowest BCUT2D eigenvalue weighted by Crippen LogP contribution is -2.53. The number of hydrogen-bond acceptors (Lipinski definition) is 5. The molecule has 1 aromatic heterocycles. The molecule has 2 aliphatic heterocycles. The summed E-state index contributed by atoms with van der Waals surface area (Å²) in [5.74, 6) is -0.962. The molecule has 0 saturated heterocycles. The number of benzene rings is 3. The smallest absolute Gasteiger partial charge is 0.291 e. The van der Waals surface area contributed by atoms with E-state index in [0.717, 1.165) is 5.56 Å². The van der Waals surface area contributed by atoms with Crippen LogP contribution in [0.25, 0.3) is 11.0 Å². The highest BCUT2D eigenvalue weighted by Gasteiger charge is 2.64. The molecule has 7 nitrogen and oxygen atoms in total. The van der Waals surface area contributed by atoms with Gasteiger partial charge < -0.3 is 19.0 Å². The lowest BCUT2D eigenvalue weighted by molar-refractivity contribution is -0.126. The maximum Gasteiger partial charge on any atom is 0.291 e. The Bertz CT molecular complexity index is 1670. The van der Waals surface area contributed by atoms with Gasteiger partial charge in [-0.25, -0.2) is 0 Å². The lowest BCUT2D eigenvalue weighted by Gasteiger charge is -2.34. The molecule has 6 rings (SSSR count). The number of anilines is 1. The first-order chi connectivity index (χ1) is 18.8. The summed E-state index contributed by atoms with van der Waals surface area (Å²) in [5, 5.41) is 0.588. The Labute approximate surface area is 230 Å². The van der Waals surface area contributed by atoms with Crippen LogP contribution < -0.4 is 10.3 Å². The van der Waals surface area contributed by atoms with Crippen LogP contribution in [0, 0.1) is 0 Å². The van der Waals surface area contributed by atoms with Gasteiger partial charge in [-0.05, 0) is 50.1 Å². The zero-order valence-electron chi connectivity index (χ0n) is 21.6. The molecule has 0 saturated carbocycles. The van der Waals surface area contributed by atoms with Crippen molar-refractivity contribution in [3.05, 3.63) is 110 Å². The number of fused-ring (bicyclic) bond motifs is 5. The number of hydrogen-bond donors (Lipinski definition) is 0. The maximum atomic E-state index is 14.7. The molecule has 3 aromatic carbocycles. The molecule has 2 aliphatic rings. The molecule has 2 amide bonds. The average molecular weight is 543 g/mol. The van der Waals surface area contributed by atoms with Gasteiger partial charge in [-0.15, -0.1) is 0 Å². The standard InChI is InChI=1S/C31H27ClN2O5/c1-19(2)38-16-8-15-34-29(36)28-26(27(35)22-17-21(32)13-14-25(22)39-28)31(34)23-11-6-7-12-24(23)33(30(31)37)18-20-9-4-3-5-10-20/h3-7,9-14,17,19H,8,15-16,18H2,1-2H3. The second-order valence-electron chi connectivity index (χ2n) is 10.1. The predicted octanol–water partition coefficient (Wildman–Crippen LogP) is 5.51. The third-order valence-electron chi connectivity index (χ3n) is 7.36. The first-order valence-corrected chi connectivity index (χ1v) is 13.4. The van der Waals surface area contributed by atoms with E-state index >= 15 is 0 Å². The largest absolute Gasteiger partial charge is 0.450 e. The normalized spacial score (nSPS) is 18.1. The van der Waals surface area contributed by atoms with Gasteiger partial charge >= 0.3 is 0 Å². The molecule has 3 heterocycles. The Balaban J connectivity index is 1.58. The van der Waals surface area contributed by atoms with Crippen LogP contribution >= 0.6 is 11.6 Å². The van der Waals surface area contributed by atoms with Crippen molar-refractivity contribution < 1.29 is 18.7 Å². The molecule has 0 aliphatic carbocycles. The number of ether oxygens (including phenoxy) is 1. The summed E-state index contributed by atoms with van der Waals surface area (Å²) in [6, 6.07) is 21.7. The summed E-state index contributed by atoms with van der Waals surface area (Å²) >= 11 is 6.24. The SMILES string of the molecule is CC(C)OCCCN1C(=O)c2oc3ccc(Cl)cc3c(=O)c2C12C(=O)N(Cc1ccccc1)c1ccccc12. The van der Waals surface area contributed by atoms with Gasteiger partial charge in [-0.1, -0.05) is 60.1 Å². The number of carbonyl (C=O) groups is 2. The van der Waals surface area contributed by atoms with Gasteiger partial charge in [0.2, 0.25) is 5.76 Å². The molecule has 0 N–H and O–H groups in total. The van der Waals surface area contributed by atoms with Crippen LogP contribution in [0.5, 0.6) is 0 Å². The molecule has 1 atom stereocenters. The van der Waals surface area contributed by atoms with E-state index < -0.39 is 16.9 Å². The van der Waals surface area contributed by atoms with Gasteiger partial charge in [0.25, 0.3) is 11.8 Å². The minimum absolute atomic E-state index is 0.0268. The van der Waals surface area contributed by atoms with Crippen LogP contribution in [-0.2, 0) is 21.6 Å². The summed E-state index contributed by atoms with van der Waals surface area (Å²) in [5.41, 5.74) is 0.352. The first-order valence-electron chi connectivity index (χ1n) is 13.0. The molecule has 198 valence electrons. The molecular weight excluding hydrogens is 516 g/mol. The van der Waals surface area contributed by atoms with Gasteiger partial charge in [-0.2, -0.15) is 0 Å².